The Hall–Kier alpha value is -0.0700. The average molecular weight is 633 g/mol. The van der Waals surface area contributed by atoms with E-state index in [0.717, 1.165) is 67.8 Å². The van der Waals surface area contributed by atoms with Crippen molar-refractivity contribution in [2.24, 2.45) is 46.3 Å². The van der Waals surface area contributed by atoms with E-state index in [1.807, 2.05) is 0 Å². The van der Waals surface area contributed by atoms with Crippen LogP contribution in [0.2, 0.25) is 0 Å². The Bertz CT molecular complexity index is 937. The van der Waals surface area contributed by atoms with Crippen molar-refractivity contribution < 1.29 is 20.1 Å². The second kappa shape index (κ2) is 15.4. The van der Waals surface area contributed by atoms with Gasteiger partial charge in [0, 0.05) is 11.9 Å². The summed E-state index contributed by atoms with van der Waals surface area (Å²) in [6.07, 6.45) is 23.1. The molecular formula is C39H68O4S. The van der Waals surface area contributed by atoms with Crippen LogP contribution in [0.25, 0.3) is 0 Å². The molecule has 1 aliphatic heterocycles. The highest BCUT2D eigenvalue weighted by molar-refractivity contribution is 8.00. The molecule has 4 aliphatic carbocycles. The normalized spacial score (nSPS) is 42.8. The van der Waals surface area contributed by atoms with Gasteiger partial charge in [-0.1, -0.05) is 84.8 Å². The van der Waals surface area contributed by atoms with E-state index in [-0.39, 0.29) is 11.9 Å². The van der Waals surface area contributed by atoms with Gasteiger partial charge >= 0.3 is 0 Å². The Morgan fingerprint density at radius 1 is 0.932 bits per heavy atom. The molecule has 5 aliphatic rings. The molecule has 1 saturated heterocycles. The molecule has 3 unspecified atom stereocenters. The summed E-state index contributed by atoms with van der Waals surface area (Å²) in [5, 5.41) is 29.7. The van der Waals surface area contributed by atoms with Crippen molar-refractivity contribution >= 4 is 11.8 Å². The van der Waals surface area contributed by atoms with Crippen LogP contribution in [0, 0.1) is 46.3 Å². The van der Waals surface area contributed by atoms with E-state index in [1.165, 1.54) is 77.0 Å². The van der Waals surface area contributed by atoms with Crippen LogP contribution in [0.3, 0.4) is 0 Å². The van der Waals surface area contributed by atoms with Crippen molar-refractivity contribution in [2.45, 2.75) is 173 Å². The zero-order valence-corrected chi connectivity index (χ0v) is 29.8. The van der Waals surface area contributed by atoms with Gasteiger partial charge in [-0.05, 0) is 117 Å². The fourth-order valence-electron chi connectivity index (χ4n) is 11.2. The lowest BCUT2D eigenvalue weighted by Crippen LogP contribution is -2.51. The fourth-order valence-corrected chi connectivity index (χ4v) is 12.8. The SMILES string of the molecule is CC(C)CCC[C@@H](C)[C@H]1CCC2C3CC=C4C[C@@H](OCCCCCC[C@H]5C[C@@H](O)[C@@H](O)[C@@H](CO)S5)CC[C@]4(C)C3CC[C@@]21C. The number of unbranched alkanes of at least 4 members (excludes halogenated alkanes) is 3. The van der Waals surface area contributed by atoms with Gasteiger partial charge in [0.25, 0.3) is 0 Å². The number of rotatable bonds is 14. The van der Waals surface area contributed by atoms with Crippen LogP contribution in [0.5, 0.6) is 0 Å². The highest BCUT2D eigenvalue weighted by Crippen LogP contribution is 2.67. The van der Waals surface area contributed by atoms with Crippen molar-refractivity contribution in [3.63, 3.8) is 0 Å². The fraction of sp³-hybridized carbons (Fsp3) is 0.949. The predicted molar refractivity (Wildman–Crippen MR) is 185 cm³/mol. The minimum atomic E-state index is -0.793. The van der Waals surface area contributed by atoms with Gasteiger partial charge < -0.3 is 20.1 Å². The number of aliphatic hydroxyl groups is 3. The highest BCUT2D eigenvalue weighted by Gasteiger charge is 2.59. The molecular weight excluding hydrogens is 564 g/mol. The monoisotopic (exact) mass is 632 g/mol. The molecule has 5 heteroatoms. The Kier molecular flexibility index (Phi) is 12.4. The molecule has 1 heterocycles. The molecule has 0 aromatic carbocycles. The number of ether oxygens (including phenoxy) is 1. The Morgan fingerprint density at radius 3 is 2.50 bits per heavy atom. The molecule has 3 N–H and O–H groups in total. The van der Waals surface area contributed by atoms with Crippen LogP contribution in [-0.4, -0.2) is 57.3 Å². The topological polar surface area (TPSA) is 69.9 Å². The van der Waals surface area contributed by atoms with Gasteiger partial charge in [0.1, 0.15) is 0 Å². The van der Waals surface area contributed by atoms with Crippen molar-refractivity contribution in [3.05, 3.63) is 11.6 Å². The quantitative estimate of drug-likeness (QED) is 0.132. The Balaban J connectivity index is 1.04. The largest absolute Gasteiger partial charge is 0.395 e. The van der Waals surface area contributed by atoms with Crippen LogP contribution >= 0.6 is 11.8 Å². The summed E-state index contributed by atoms with van der Waals surface area (Å²) in [7, 11) is 0. The van der Waals surface area contributed by atoms with Gasteiger partial charge in [-0.25, -0.2) is 0 Å². The van der Waals surface area contributed by atoms with Crippen molar-refractivity contribution in [1.82, 2.24) is 0 Å². The lowest BCUT2D eigenvalue weighted by atomic mass is 9.47. The maximum absolute atomic E-state index is 10.1. The summed E-state index contributed by atoms with van der Waals surface area (Å²) in [4.78, 5) is 0. The van der Waals surface area contributed by atoms with Crippen molar-refractivity contribution in [1.29, 1.82) is 0 Å². The number of thioether (sulfide) groups is 1. The van der Waals surface area contributed by atoms with Gasteiger partial charge in [0.2, 0.25) is 0 Å². The van der Waals surface area contributed by atoms with E-state index in [9.17, 15) is 15.3 Å². The summed E-state index contributed by atoms with van der Waals surface area (Å²) in [6, 6.07) is 0. The van der Waals surface area contributed by atoms with Gasteiger partial charge in [-0.2, -0.15) is 0 Å². The van der Waals surface area contributed by atoms with Crippen LogP contribution in [0.4, 0.5) is 0 Å². The van der Waals surface area contributed by atoms with E-state index in [0.29, 0.717) is 28.6 Å². The Labute approximate surface area is 275 Å². The molecule has 254 valence electrons. The molecule has 4 nitrogen and oxygen atoms in total. The van der Waals surface area contributed by atoms with Gasteiger partial charge in [-0.3, -0.25) is 0 Å². The van der Waals surface area contributed by atoms with Gasteiger partial charge in [0.15, 0.2) is 0 Å². The first kappa shape index (κ1) is 35.2. The van der Waals surface area contributed by atoms with E-state index in [2.05, 4.69) is 40.7 Å². The number of hydrogen-bond acceptors (Lipinski definition) is 5. The minimum Gasteiger partial charge on any atom is -0.395 e. The third-order valence-corrected chi connectivity index (χ3v) is 15.5. The summed E-state index contributed by atoms with van der Waals surface area (Å²) in [5.41, 5.74) is 2.72. The van der Waals surface area contributed by atoms with E-state index in [4.69, 9.17) is 4.74 Å². The third kappa shape index (κ3) is 7.63. The maximum atomic E-state index is 10.1. The number of fused-ring (bicyclic) bond motifs is 5. The van der Waals surface area contributed by atoms with Crippen LogP contribution in [0.1, 0.15) is 144 Å². The first-order chi connectivity index (χ1) is 21.1. The second-order valence-electron chi connectivity index (χ2n) is 17.0. The molecule has 0 bridgehead atoms. The predicted octanol–water partition coefficient (Wildman–Crippen LogP) is 8.95. The van der Waals surface area contributed by atoms with E-state index >= 15 is 0 Å². The first-order valence-corrected chi connectivity index (χ1v) is 19.9. The summed E-state index contributed by atoms with van der Waals surface area (Å²) < 4.78 is 6.50. The molecule has 44 heavy (non-hydrogen) atoms. The molecule has 3 saturated carbocycles. The summed E-state index contributed by atoms with van der Waals surface area (Å²) in [5.74, 6) is 5.39. The number of hydrogen-bond donors (Lipinski definition) is 3. The molecule has 4 fully saturated rings. The van der Waals surface area contributed by atoms with Crippen LogP contribution < -0.4 is 0 Å². The van der Waals surface area contributed by atoms with E-state index in [1.54, 1.807) is 17.3 Å². The zero-order chi connectivity index (χ0) is 31.5. The van der Waals surface area contributed by atoms with Crippen LogP contribution in [0.15, 0.2) is 11.6 Å². The van der Waals surface area contributed by atoms with Gasteiger partial charge in [-0.15, -0.1) is 11.8 Å². The second-order valence-corrected chi connectivity index (χ2v) is 18.5. The maximum Gasteiger partial charge on any atom is 0.0940 e. The average Bonchev–Trinajstić information content (AvgIpc) is 3.35. The number of aliphatic hydroxyl groups excluding tert-OH is 3. The minimum absolute atomic E-state index is 0.0618. The summed E-state index contributed by atoms with van der Waals surface area (Å²) in [6.45, 7) is 13.5. The zero-order valence-electron chi connectivity index (χ0n) is 29.0. The molecule has 5 rings (SSSR count). The van der Waals surface area contributed by atoms with Crippen molar-refractivity contribution in [2.75, 3.05) is 13.2 Å². The smallest absolute Gasteiger partial charge is 0.0940 e. The molecule has 0 radical (unpaired) electrons. The molecule has 0 aromatic rings. The lowest BCUT2D eigenvalue weighted by Gasteiger charge is -2.58. The standard InChI is InChI=1S/C39H68O4S/c1-26(2)11-10-12-27(3)32-16-17-33-31-15-14-28-23-29(18-20-38(28,4)34(31)19-21-39(32,33)5)43-22-9-7-6-8-13-30-24-35(41)37(42)36(25-40)44-30/h14,26-27,29-37,40-42H,6-13,15-25H2,1-5H3/t27-,29+,30+,31?,32-,33?,34?,35-,36-,37-,38+,39-/m1/s1. The molecule has 0 amide bonds. The van der Waals surface area contributed by atoms with Crippen LogP contribution in [-0.2, 0) is 4.74 Å². The first-order valence-electron chi connectivity index (χ1n) is 19.0. The lowest BCUT2D eigenvalue weighted by molar-refractivity contribution is -0.0641. The Morgan fingerprint density at radius 2 is 1.73 bits per heavy atom. The van der Waals surface area contributed by atoms with Crippen molar-refractivity contribution in [3.8, 4) is 0 Å². The highest BCUT2D eigenvalue weighted by atomic mass is 32.2. The number of allylic oxidation sites excluding steroid dienone is 1. The molecule has 12 atom stereocenters. The molecule has 0 aromatic heterocycles. The van der Waals surface area contributed by atoms with Gasteiger partial charge in [0.05, 0.1) is 30.2 Å². The third-order valence-electron chi connectivity index (χ3n) is 13.9. The van der Waals surface area contributed by atoms with E-state index < -0.39 is 12.2 Å². The molecule has 0 spiro atoms. The summed E-state index contributed by atoms with van der Waals surface area (Å²) >= 11 is 1.66.